The number of carbonyl (C=O) groups excluding carboxylic acids is 1. The van der Waals surface area contributed by atoms with Crippen LogP contribution in [0.1, 0.15) is 57.6 Å². The number of carbonyl (C=O) groups is 1. The third-order valence-corrected chi connectivity index (χ3v) is 7.10. The molecule has 1 aromatic heterocycles. The Bertz CT molecular complexity index is 1070. The number of halogens is 1. The highest BCUT2D eigenvalue weighted by Gasteiger charge is 2.24. The van der Waals surface area contributed by atoms with E-state index in [4.69, 9.17) is 4.74 Å². The summed E-state index contributed by atoms with van der Waals surface area (Å²) in [6.45, 7) is 9.24. The van der Waals surface area contributed by atoms with Crippen LogP contribution in [0.2, 0.25) is 0 Å². The lowest BCUT2D eigenvalue weighted by atomic mass is 9.82. The number of hydrogen-bond acceptors (Lipinski definition) is 8. The molecular formula is C25H35BrN6O4. The smallest absolute Gasteiger partial charge is 0.407 e. The number of ether oxygens (including phenoxy) is 1. The third-order valence-electron chi connectivity index (χ3n) is 6.24. The maximum Gasteiger partial charge on any atom is 0.407 e. The van der Waals surface area contributed by atoms with Crippen molar-refractivity contribution in [1.82, 2.24) is 15.3 Å². The second kappa shape index (κ2) is 12.3. The summed E-state index contributed by atoms with van der Waals surface area (Å²) in [6, 6.07) is 5.95. The minimum atomic E-state index is -0.510. The van der Waals surface area contributed by atoms with Crippen molar-refractivity contribution in [2.24, 2.45) is 11.8 Å². The van der Waals surface area contributed by atoms with E-state index in [1.54, 1.807) is 0 Å². The van der Waals surface area contributed by atoms with Gasteiger partial charge in [0.25, 0.3) is 0 Å². The predicted molar refractivity (Wildman–Crippen MR) is 143 cm³/mol. The van der Waals surface area contributed by atoms with Gasteiger partial charge in [-0.2, -0.15) is 4.98 Å². The van der Waals surface area contributed by atoms with E-state index in [0.29, 0.717) is 37.4 Å². The summed E-state index contributed by atoms with van der Waals surface area (Å²) in [5.41, 5.74) is 1.54. The number of hydrogen-bond donors (Lipinski definition) is 3. The molecule has 1 saturated carbocycles. The fraction of sp³-hybridized carbons (Fsp3) is 0.560. The Morgan fingerprint density at radius 2 is 1.83 bits per heavy atom. The van der Waals surface area contributed by atoms with Gasteiger partial charge in [-0.15, -0.1) is 0 Å². The summed E-state index contributed by atoms with van der Waals surface area (Å²) < 4.78 is 6.31. The van der Waals surface area contributed by atoms with Crippen molar-refractivity contribution in [3.05, 3.63) is 50.1 Å². The van der Waals surface area contributed by atoms with Crippen molar-refractivity contribution in [1.29, 1.82) is 0 Å². The van der Waals surface area contributed by atoms with Gasteiger partial charge in [0.1, 0.15) is 11.8 Å². The molecule has 0 saturated heterocycles. The molecule has 10 nitrogen and oxygen atoms in total. The number of aromatic nitrogens is 2. The normalized spacial score (nSPS) is 17.8. The lowest BCUT2D eigenvalue weighted by Gasteiger charge is -2.29. The van der Waals surface area contributed by atoms with Gasteiger partial charge >= 0.3 is 11.8 Å². The van der Waals surface area contributed by atoms with Gasteiger partial charge in [0.05, 0.1) is 4.92 Å². The number of amides is 1. The zero-order chi connectivity index (χ0) is 26.3. The first-order valence-corrected chi connectivity index (χ1v) is 13.0. The summed E-state index contributed by atoms with van der Waals surface area (Å²) in [5.74, 6) is 1.33. The average molecular weight is 563 g/mol. The Balaban J connectivity index is 1.51. The van der Waals surface area contributed by atoms with Crippen LogP contribution < -0.4 is 16.0 Å². The van der Waals surface area contributed by atoms with Crippen LogP contribution in [0.5, 0.6) is 0 Å². The van der Waals surface area contributed by atoms with E-state index in [1.165, 1.54) is 6.20 Å². The van der Waals surface area contributed by atoms with E-state index >= 15 is 0 Å². The topological polar surface area (TPSA) is 131 Å². The number of benzene rings is 1. The van der Waals surface area contributed by atoms with E-state index < -0.39 is 10.5 Å². The summed E-state index contributed by atoms with van der Waals surface area (Å²) in [6.07, 6.45) is 4.76. The molecule has 0 aliphatic heterocycles. The Labute approximate surface area is 220 Å². The zero-order valence-electron chi connectivity index (χ0n) is 21.3. The molecule has 0 unspecified atom stereocenters. The van der Waals surface area contributed by atoms with E-state index in [9.17, 15) is 14.9 Å². The van der Waals surface area contributed by atoms with E-state index in [-0.39, 0.29) is 17.6 Å². The molecule has 3 N–H and O–H groups in total. The molecule has 1 aliphatic carbocycles. The van der Waals surface area contributed by atoms with Crippen LogP contribution in [0.3, 0.4) is 0 Å². The number of rotatable bonds is 9. The highest BCUT2D eigenvalue weighted by Crippen LogP contribution is 2.30. The van der Waals surface area contributed by atoms with Gasteiger partial charge in [-0.25, -0.2) is 9.78 Å². The fourth-order valence-corrected chi connectivity index (χ4v) is 4.57. The van der Waals surface area contributed by atoms with E-state index in [2.05, 4.69) is 41.8 Å². The molecule has 1 aliphatic rings. The van der Waals surface area contributed by atoms with E-state index in [1.807, 2.05) is 45.9 Å². The first-order valence-electron chi connectivity index (χ1n) is 12.2. The Kier molecular flexibility index (Phi) is 9.47. The monoisotopic (exact) mass is 562 g/mol. The van der Waals surface area contributed by atoms with Gasteiger partial charge in [-0.3, -0.25) is 10.1 Å². The second-order valence-electron chi connectivity index (χ2n) is 10.2. The van der Waals surface area contributed by atoms with Crippen molar-refractivity contribution in [3.8, 4) is 0 Å². The number of alkyl carbamates (subject to hydrolysis) is 1. The molecule has 3 rings (SSSR count). The predicted octanol–water partition coefficient (Wildman–Crippen LogP) is 5.81. The molecule has 2 aromatic rings. The first kappa shape index (κ1) is 27.6. The van der Waals surface area contributed by atoms with Gasteiger partial charge in [0.15, 0.2) is 0 Å². The third kappa shape index (κ3) is 8.32. The molecule has 0 atom stereocenters. The van der Waals surface area contributed by atoms with Crippen LogP contribution in [-0.2, 0) is 11.3 Å². The van der Waals surface area contributed by atoms with Crippen molar-refractivity contribution in [2.75, 3.05) is 23.7 Å². The molecule has 11 heteroatoms. The molecular weight excluding hydrogens is 528 g/mol. The maximum atomic E-state index is 11.9. The van der Waals surface area contributed by atoms with Crippen molar-refractivity contribution >= 4 is 39.5 Å². The number of nitrogens with zero attached hydrogens (tertiary/aromatic N) is 3. The molecule has 0 bridgehead atoms. The summed E-state index contributed by atoms with van der Waals surface area (Å²) >= 11 is 3.53. The Morgan fingerprint density at radius 3 is 2.47 bits per heavy atom. The number of nitro groups is 1. The minimum Gasteiger partial charge on any atom is -0.444 e. The molecule has 36 heavy (non-hydrogen) atoms. The lowest BCUT2D eigenvalue weighted by molar-refractivity contribution is -0.384. The average Bonchev–Trinajstić information content (AvgIpc) is 2.82. The summed E-state index contributed by atoms with van der Waals surface area (Å²) in [7, 11) is 0. The van der Waals surface area contributed by atoms with E-state index in [0.717, 1.165) is 41.3 Å². The largest absolute Gasteiger partial charge is 0.444 e. The quantitative estimate of drug-likeness (QED) is 0.257. The van der Waals surface area contributed by atoms with Gasteiger partial charge in [0, 0.05) is 24.1 Å². The fourth-order valence-electron chi connectivity index (χ4n) is 4.16. The second-order valence-corrected chi connectivity index (χ2v) is 11.1. The molecule has 1 aromatic carbocycles. The van der Waals surface area contributed by atoms with Crippen molar-refractivity contribution < 1.29 is 14.5 Å². The highest BCUT2D eigenvalue weighted by molar-refractivity contribution is 9.10. The lowest BCUT2D eigenvalue weighted by Crippen LogP contribution is -2.36. The Morgan fingerprint density at radius 1 is 1.17 bits per heavy atom. The standard InChI is InChI=1S/C25H35BrN6O4/c1-16-19(6-5-7-20(16)26)14-28-23-29-15-21(32(34)35)22(31-23)27-12-17-8-10-18(11-9-17)13-30-24(33)36-25(2,3)4/h5-7,15,17-18H,8-14H2,1-4H3,(H,30,33)(H2,27,28,29,31)/t17-,18-. The van der Waals surface area contributed by atoms with Gasteiger partial charge in [0.2, 0.25) is 11.8 Å². The summed E-state index contributed by atoms with van der Waals surface area (Å²) in [5, 5.41) is 20.7. The van der Waals surface area contributed by atoms with Crippen LogP contribution >= 0.6 is 15.9 Å². The SMILES string of the molecule is Cc1c(Br)cccc1CNc1ncc([N+](=O)[O-])c(NC[C@H]2CC[C@H](CNC(=O)OC(C)(C)C)CC2)n1. The van der Waals surface area contributed by atoms with Crippen LogP contribution in [0.15, 0.2) is 28.9 Å². The molecule has 1 heterocycles. The zero-order valence-corrected chi connectivity index (χ0v) is 22.9. The summed E-state index contributed by atoms with van der Waals surface area (Å²) in [4.78, 5) is 31.4. The molecule has 1 fully saturated rings. The molecule has 0 radical (unpaired) electrons. The number of anilines is 2. The van der Waals surface area contributed by atoms with Gasteiger partial charge in [-0.1, -0.05) is 28.1 Å². The van der Waals surface area contributed by atoms with Crippen LogP contribution in [-0.4, -0.2) is 39.7 Å². The maximum absolute atomic E-state index is 11.9. The first-order chi connectivity index (χ1) is 17.0. The minimum absolute atomic E-state index is 0.144. The molecule has 1 amide bonds. The van der Waals surface area contributed by atoms with Gasteiger partial charge < -0.3 is 20.7 Å². The van der Waals surface area contributed by atoms with Crippen LogP contribution in [0, 0.1) is 28.9 Å². The highest BCUT2D eigenvalue weighted by atomic mass is 79.9. The van der Waals surface area contributed by atoms with Crippen LogP contribution in [0.25, 0.3) is 0 Å². The number of nitrogens with one attached hydrogen (secondary N) is 3. The Hall–Kier alpha value is -2.95. The van der Waals surface area contributed by atoms with Crippen LogP contribution in [0.4, 0.5) is 22.2 Å². The molecule has 196 valence electrons. The van der Waals surface area contributed by atoms with Crippen molar-refractivity contribution in [3.63, 3.8) is 0 Å². The van der Waals surface area contributed by atoms with Gasteiger partial charge in [-0.05, 0) is 82.4 Å². The van der Waals surface area contributed by atoms with Crippen molar-refractivity contribution in [2.45, 2.75) is 65.5 Å². The molecule has 0 spiro atoms.